The van der Waals surface area contributed by atoms with Crippen LogP contribution in [0.2, 0.25) is 0 Å². The molecule has 1 aromatic carbocycles. The van der Waals surface area contributed by atoms with E-state index in [-0.39, 0.29) is 29.8 Å². The van der Waals surface area contributed by atoms with Gasteiger partial charge in [-0.3, -0.25) is 4.99 Å². The fourth-order valence-electron chi connectivity index (χ4n) is 3.99. The van der Waals surface area contributed by atoms with E-state index in [1.54, 1.807) is 31.0 Å². The third kappa shape index (κ3) is 6.94. The van der Waals surface area contributed by atoms with Crippen molar-refractivity contribution in [1.29, 1.82) is 0 Å². The molecule has 1 heterocycles. The van der Waals surface area contributed by atoms with Crippen LogP contribution in [-0.2, 0) is 11.2 Å². The first kappa shape index (κ1) is 24.6. The quantitative estimate of drug-likeness (QED) is 0.294. The third-order valence-corrected chi connectivity index (χ3v) is 5.76. The zero-order valence-electron chi connectivity index (χ0n) is 17.9. The van der Waals surface area contributed by atoms with E-state index in [1.807, 2.05) is 12.3 Å². The summed E-state index contributed by atoms with van der Waals surface area (Å²) in [6.07, 6.45) is 8.87. The molecule has 30 heavy (non-hydrogen) atoms. The van der Waals surface area contributed by atoms with Gasteiger partial charge >= 0.3 is 0 Å². The van der Waals surface area contributed by atoms with Crippen LogP contribution < -0.4 is 10.6 Å². The van der Waals surface area contributed by atoms with Crippen LogP contribution in [0.4, 0.5) is 4.39 Å². The molecule has 1 saturated carbocycles. The van der Waals surface area contributed by atoms with Crippen LogP contribution in [0.1, 0.15) is 37.8 Å². The second-order valence-corrected chi connectivity index (χ2v) is 7.78. The molecule has 0 spiro atoms. The van der Waals surface area contributed by atoms with Gasteiger partial charge in [0.25, 0.3) is 0 Å². The van der Waals surface area contributed by atoms with Gasteiger partial charge in [0.1, 0.15) is 5.82 Å². The smallest absolute Gasteiger partial charge is 0.191 e. The molecule has 2 N–H and O–H groups in total. The monoisotopic (exact) mass is 529 g/mol. The summed E-state index contributed by atoms with van der Waals surface area (Å²) in [6, 6.07) is 8.31. The zero-order valence-corrected chi connectivity index (χ0v) is 20.2. The number of ether oxygens (including phenoxy) is 1. The van der Waals surface area contributed by atoms with Gasteiger partial charge in [0.2, 0.25) is 0 Å². The lowest BCUT2D eigenvalue weighted by molar-refractivity contribution is 0.138. The molecule has 0 radical (unpaired) electrons. The maximum atomic E-state index is 13.1. The number of halogens is 2. The van der Waals surface area contributed by atoms with Gasteiger partial charge in [-0.25, -0.2) is 9.07 Å². The fraction of sp³-hybridized carbons (Fsp3) is 0.545. The van der Waals surface area contributed by atoms with E-state index in [4.69, 9.17) is 4.74 Å². The molecular weight excluding hydrogens is 496 g/mol. The highest BCUT2D eigenvalue weighted by atomic mass is 127. The first-order valence-electron chi connectivity index (χ1n) is 10.4. The molecule has 0 amide bonds. The Morgan fingerprint density at radius 1 is 1.20 bits per heavy atom. The summed E-state index contributed by atoms with van der Waals surface area (Å²) in [7, 11) is 3.57. The Bertz CT molecular complexity index is 787. The molecule has 0 aliphatic heterocycles. The van der Waals surface area contributed by atoms with Crippen LogP contribution in [0, 0.1) is 11.2 Å². The molecule has 1 fully saturated rings. The minimum atomic E-state index is -0.245. The maximum absolute atomic E-state index is 13.1. The van der Waals surface area contributed by atoms with E-state index in [2.05, 4.69) is 20.7 Å². The topological polar surface area (TPSA) is 63.5 Å². The average Bonchev–Trinajstić information content (AvgIpc) is 3.40. The normalized spacial score (nSPS) is 15.6. The Kier molecular flexibility index (Phi) is 10.0. The second kappa shape index (κ2) is 12.2. The van der Waals surface area contributed by atoms with Gasteiger partial charge in [-0.1, -0.05) is 12.8 Å². The summed E-state index contributed by atoms with van der Waals surface area (Å²) in [5.74, 6) is 0.581. The fourth-order valence-corrected chi connectivity index (χ4v) is 3.99. The van der Waals surface area contributed by atoms with Crippen LogP contribution in [0.3, 0.4) is 0 Å². The molecule has 2 aromatic rings. The number of guanidine groups is 1. The number of nitrogens with zero attached hydrogens (tertiary/aromatic N) is 3. The Morgan fingerprint density at radius 3 is 2.60 bits per heavy atom. The number of nitrogens with one attached hydrogen (secondary N) is 2. The molecule has 0 atom stereocenters. The summed E-state index contributed by atoms with van der Waals surface area (Å²) in [5.41, 5.74) is 2.15. The lowest BCUT2D eigenvalue weighted by atomic mass is 9.83. The molecule has 6 nitrogen and oxygen atoms in total. The Balaban J connectivity index is 0.00000320. The maximum Gasteiger partial charge on any atom is 0.191 e. The van der Waals surface area contributed by atoms with Crippen molar-refractivity contribution >= 4 is 29.9 Å². The Labute approximate surface area is 195 Å². The highest BCUT2D eigenvalue weighted by Crippen LogP contribution is 2.40. The van der Waals surface area contributed by atoms with E-state index in [1.165, 1.54) is 37.8 Å². The SMILES string of the molecule is CN=C(NCCc1ccn(-c2ccc(F)cc2)n1)NCC1(CCOC)CCCC1.I. The molecule has 8 heteroatoms. The van der Waals surface area contributed by atoms with Crippen molar-refractivity contribution in [2.24, 2.45) is 10.4 Å². The van der Waals surface area contributed by atoms with Crippen molar-refractivity contribution in [2.75, 3.05) is 33.9 Å². The van der Waals surface area contributed by atoms with Crippen molar-refractivity contribution in [2.45, 2.75) is 38.5 Å². The van der Waals surface area contributed by atoms with E-state index in [0.29, 0.717) is 5.41 Å². The highest BCUT2D eigenvalue weighted by molar-refractivity contribution is 14.0. The van der Waals surface area contributed by atoms with E-state index < -0.39 is 0 Å². The van der Waals surface area contributed by atoms with Crippen molar-refractivity contribution < 1.29 is 9.13 Å². The summed E-state index contributed by atoms with van der Waals surface area (Å²) in [5, 5.41) is 11.5. The molecule has 0 unspecified atom stereocenters. The molecular formula is C22H33FIN5O. The summed E-state index contributed by atoms with van der Waals surface area (Å²) in [4.78, 5) is 4.35. The third-order valence-electron chi connectivity index (χ3n) is 5.76. The molecule has 0 saturated heterocycles. The lowest BCUT2D eigenvalue weighted by Crippen LogP contribution is -2.44. The molecule has 3 rings (SSSR count). The van der Waals surface area contributed by atoms with Crippen molar-refractivity contribution in [3.8, 4) is 5.69 Å². The number of hydrogen-bond donors (Lipinski definition) is 2. The van der Waals surface area contributed by atoms with Gasteiger partial charge in [-0.05, 0) is 55.0 Å². The average molecular weight is 529 g/mol. The largest absolute Gasteiger partial charge is 0.385 e. The highest BCUT2D eigenvalue weighted by Gasteiger charge is 2.33. The standard InChI is InChI=1S/C22H32FN5O.HI/c1-24-21(26-17-22(13-16-29-2)11-3-4-12-22)25-14-9-19-10-15-28(27-19)20-7-5-18(23)6-8-20;/h5-8,10,15H,3-4,9,11-14,16-17H2,1-2H3,(H2,24,25,26);1H. The minimum absolute atomic E-state index is 0. The van der Waals surface area contributed by atoms with Gasteiger partial charge in [-0.2, -0.15) is 5.10 Å². The number of methoxy groups -OCH3 is 1. The molecule has 0 bridgehead atoms. The summed E-state index contributed by atoms with van der Waals surface area (Å²) >= 11 is 0. The van der Waals surface area contributed by atoms with Gasteiger partial charge in [0, 0.05) is 46.5 Å². The van der Waals surface area contributed by atoms with Crippen LogP contribution >= 0.6 is 24.0 Å². The summed E-state index contributed by atoms with van der Waals surface area (Å²) in [6.45, 7) is 2.48. The van der Waals surface area contributed by atoms with Gasteiger partial charge < -0.3 is 15.4 Å². The summed E-state index contributed by atoms with van der Waals surface area (Å²) < 4.78 is 20.1. The molecule has 166 valence electrons. The van der Waals surface area contributed by atoms with Crippen LogP contribution in [0.5, 0.6) is 0 Å². The predicted octanol–water partition coefficient (Wildman–Crippen LogP) is 3.93. The number of rotatable bonds is 9. The number of aliphatic imine (C=N–C) groups is 1. The molecule has 1 aromatic heterocycles. The first-order valence-corrected chi connectivity index (χ1v) is 10.4. The molecule has 1 aliphatic carbocycles. The van der Waals surface area contributed by atoms with Crippen molar-refractivity contribution in [3.05, 3.63) is 48.0 Å². The van der Waals surface area contributed by atoms with E-state index in [9.17, 15) is 4.39 Å². The number of aromatic nitrogens is 2. The van der Waals surface area contributed by atoms with Crippen molar-refractivity contribution in [1.82, 2.24) is 20.4 Å². The Morgan fingerprint density at radius 2 is 1.93 bits per heavy atom. The van der Waals surface area contributed by atoms with Gasteiger partial charge in [-0.15, -0.1) is 24.0 Å². The van der Waals surface area contributed by atoms with E-state index in [0.717, 1.165) is 49.9 Å². The molecule has 1 aliphatic rings. The number of benzene rings is 1. The zero-order chi connectivity index (χ0) is 20.5. The van der Waals surface area contributed by atoms with Gasteiger partial charge in [0.05, 0.1) is 11.4 Å². The number of hydrogen-bond acceptors (Lipinski definition) is 3. The van der Waals surface area contributed by atoms with Crippen LogP contribution in [-0.4, -0.2) is 49.6 Å². The van der Waals surface area contributed by atoms with E-state index >= 15 is 0 Å². The van der Waals surface area contributed by atoms with Crippen LogP contribution in [0.25, 0.3) is 5.69 Å². The first-order chi connectivity index (χ1) is 14.1. The second-order valence-electron chi connectivity index (χ2n) is 7.78. The van der Waals surface area contributed by atoms with Crippen molar-refractivity contribution in [3.63, 3.8) is 0 Å². The lowest BCUT2D eigenvalue weighted by Gasteiger charge is -2.29. The predicted molar refractivity (Wildman–Crippen MR) is 129 cm³/mol. The Hall–Kier alpha value is -1.68. The van der Waals surface area contributed by atoms with Crippen LogP contribution in [0.15, 0.2) is 41.5 Å². The minimum Gasteiger partial charge on any atom is -0.385 e. The van der Waals surface area contributed by atoms with Gasteiger partial charge in [0.15, 0.2) is 5.96 Å².